The van der Waals surface area contributed by atoms with Gasteiger partial charge in [0, 0.05) is 12.6 Å². The molecule has 0 atom stereocenters. The van der Waals surface area contributed by atoms with Crippen LogP contribution in [0.3, 0.4) is 0 Å². The molecule has 0 saturated heterocycles. The first-order chi connectivity index (χ1) is 9.26. The summed E-state index contributed by atoms with van der Waals surface area (Å²) in [5.41, 5.74) is 2.01. The number of aliphatic hydroxyl groups is 1. The van der Waals surface area contributed by atoms with Crippen LogP contribution in [0.4, 0.5) is 18.9 Å². The summed E-state index contributed by atoms with van der Waals surface area (Å²) >= 11 is 0. The molecule has 0 aliphatic carbocycles. The number of benzene rings is 1. The molecule has 6 N–H and O–H groups in total. The summed E-state index contributed by atoms with van der Waals surface area (Å²) in [5.74, 6) is 9.36. The minimum Gasteiger partial charge on any atom is -0.405 e. The number of carbonyl (C=O) groups excluding carboxylic acids is 1. The van der Waals surface area contributed by atoms with Crippen LogP contribution in [0.1, 0.15) is 5.56 Å². The number of nitrogens with two attached hydrogens (primary N) is 2. The molecule has 0 radical (unpaired) electrons. The van der Waals surface area contributed by atoms with Crippen molar-refractivity contribution in [3.05, 3.63) is 23.8 Å². The monoisotopic (exact) mass is 296 g/mol. The van der Waals surface area contributed by atoms with Crippen molar-refractivity contribution in [2.45, 2.75) is 13.0 Å². The molecule has 0 aromatic heterocycles. The summed E-state index contributed by atoms with van der Waals surface area (Å²) in [6.45, 7) is -0.594. The zero-order valence-corrected chi connectivity index (χ0v) is 10.5. The van der Waals surface area contributed by atoms with Gasteiger partial charge in [-0.2, -0.15) is 0 Å². The molecule has 0 heterocycles. The van der Waals surface area contributed by atoms with Crippen LogP contribution < -0.4 is 26.9 Å². The van der Waals surface area contributed by atoms with E-state index < -0.39 is 18.7 Å². The summed E-state index contributed by atoms with van der Waals surface area (Å²) in [7, 11) is 1.45. The number of amides is 1. The summed E-state index contributed by atoms with van der Waals surface area (Å²) in [5, 5.41) is 10.1. The molecule has 114 valence electrons. The first kappa shape index (κ1) is 18.0. The summed E-state index contributed by atoms with van der Waals surface area (Å²) < 4.78 is 39.9. The second-order valence-electron chi connectivity index (χ2n) is 3.36. The molecule has 1 rings (SSSR count). The maximum Gasteiger partial charge on any atom is 0.573 e. The fraction of sp³-hybridized carbons (Fsp3) is 0.300. The summed E-state index contributed by atoms with van der Waals surface area (Å²) in [6, 6.07) is 3.96. The van der Waals surface area contributed by atoms with Gasteiger partial charge in [0.25, 0.3) is 0 Å². The highest BCUT2D eigenvalue weighted by Gasteiger charge is 2.32. The van der Waals surface area contributed by atoms with Gasteiger partial charge in [-0.25, -0.2) is 11.7 Å². The zero-order chi connectivity index (χ0) is 15.8. The van der Waals surface area contributed by atoms with Gasteiger partial charge in [-0.05, 0) is 12.1 Å². The van der Waals surface area contributed by atoms with Crippen LogP contribution in [-0.2, 0) is 11.4 Å². The Morgan fingerprint density at radius 2 is 2.05 bits per heavy atom. The Labute approximate surface area is 112 Å². The standard InChI is InChI=1S/C9H11F3N2O2.CH4N2O/c1-14(13)7-3-2-4-8(6(7)5-15)16-9(10,11)12;2-3-1-4/h2-4,15H,5,13H2,1H3;1H,2H2,(H,3,4). The topological polar surface area (TPSA) is 114 Å². The molecule has 0 aliphatic heterocycles. The predicted octanol–water partition coefficient (Wildman–Crippen LogP) is -0.00650. The van der Waals surface area contributed by atoms with E-state index in [1.807, 2.05) is 0 Å². The van der Waals surface area contributed by atoms with Gasteiger partial charge < -0.3 is 14.9 Å². The maximum atomic E-state index is 12.0. The average Bonchev–Trinajstić information content (AvgIpc) is 2.36. The van der Waals surface area contributed by atoms with Crippen LogP contribution in [0, 0.1) is 0 Å². The van der Waals surface area contributed by atoms with Gasteiger partial charge >= 0.3 is 6.36 Å². The second-order valence-corrected chi connectivity index (χ2v) is 3.36. The third-order valence-electron chi connectivity index (χ3n) is 1.94. The van der Waals surface area contributed by atoms with E-state index >= 15 is 0 Å². The van der Waals surface area contributed by atoms with Crippen LogP contribution in [0.15, 0.2) is 18.2 Å². The second kappa shape index (κ2) is 8.19. The summed E-state index contributed by atoms with van der Waals surface area (Å²) in [4.78, 5) is 8.94. The molecule has 7 nitrogen and oxygen atoms in total. The molecule has 1 aromatic rings. The van der Waals surface area contributed by atoms with Crippen LogP contribution in [0.25, 0.3) is 0 Å². The quantitative estimate of drug-likeness (QED) is 0.269. The van der Waals surface area contributed by atoms with Crippen molar-refractivity contribution in [3.8, 4) is 5.75 Å². The van der Waals surface area contributed by atoms with Gasteiger partial charge in [-0.15, -0.1) is 13.2 Å². The number of halogens is 3. The van der Waals surface area contributed by atoms with Crippen molar-refractivity contribution >= 4 is 12.1 Å². The van der Waals surface area contributed by atoms with Crippen molar-refractivity contribution in [1.29, 1.82) is 0 Å². The lowest BCUT2D eigenvalue weighted by Gasteiger charge is -2.19. The Kier molecular flexibility index (Phi) is 7.36. The Morgan fingerprint density at radius 1 is 1.50 bits per heavy atom. The molecule has 1 amide bonds. The lowest BCUT2D eigenvalue weighted by molar-refractivity contribution is -0.275. The van der Waals surface area contributed by atoms with E-state index in [1.165, 1.54) is 19.2 Å². The zero-order valence-electron chi connectivity index (χ0n) is 10.5. The smallest absolute Gasteiger partial charge is 0.405 e. The maximum absolute atomic E-state index is 12.0. The SMILES string of the molecule is CN(N)c1cccc(OC(F)(F)F)c1CO.NNC=O. The Morgan fingerprint density at radius 3 is 2.40 bits per heavy atom. The fourth-order valence-corrected chi connectivity index (χ4v) is 1.26. The molecule has 0 saturated carbocycles. The van der Waals surface area contributed by atoms with Crippen LogP contribution in [0.5, 0.6) is 5.75 Å². The Balaban J connectivity index is 0.000000796. The number of ether oxygens (including phenoxy) is 1. The van der Waals surface area contributed by atoms with Crippen LogP contribution >= 0.6 is 0 Å². The number of anilines is 1. The average molecular weight is 296 g/mol. The molecular formula is C10H15F3N4O3. The first-order valence-electron chi connectivity index (χ1n) is 5.13. The van der Waals surface area contributed by atoms with Gasteiger partial charge in [0.15, 0.2) is 0 Å². The van der Waals surface area contributed by atoms with E-state index in [1.54, 1.807) is 5.43 Å². The van der Waals surface area contributed by atoms with E-state index in [0.717, 1.165) is 11.1 Å². The Hall–Kier alpha value is -2.04. The molecule has 0 unspecified atom stereocenters. The predicted molar refractivity (Wildman–Crippen MR) is 65.0 cm³/mol. The highest BCUT2D eigenvalue weighted by molar-refractivity contribution is 5.57. The molecule has 1 aromatic carbocycles. The molecule has 0 aliphatic rings. The van der Waals surface area contributed by atoms with Crippen molar-refractivity contribution < 1.29 is 27.8 Å². The molecule has 20 heavy (non-hydrogen) atoms. The normalized spacial score (nSPS) is 10.2. The fourth-order valence-electron chi connectivity index (χ4n) is 1.26. The van der Waals surface area contributed by atoms with E-state index in [9.17, 15) is 13.2 Å². The van der Waals surface area contributed by atoms with E-state index in [2.05, 4.69) is 10.6 Å². The number of hydrogen-bond acceptors (Lipinski definition) is 6. The van der Waals surface area contributed by atoms with Crippen molar-refractivity contribution in [2.24, 2.45) is 11.7 Å². The minimum atomic E-state index is -4.80. The van der Waals surface area contributed by atoms with Crippen molar-refractivity contribution in [2.75, 3.05) is 12.1 Å². The van der Waals surface area contributed by atoms with E-state index in [0.29, 0.717) is 6.41 Å². The van der Waals surface area contributed by atoms with Gasteiger partial charge in [0.05, 0.1) is 12.3 Å². The number of rotatable bonds is 4. The van der Waals surface area contributed by atoms with E-state index in [-0.39, 0.29) is 11.3 Å². The van der Waals surface area contributed by atoms with E-state index in [4.69, 9.17) is 15.7 Å². The van der Waals surface area contributed by atoms with Gasteiger partial charge in [0.2, 0.25) is 6.41 Å². The lowest BCUT2D eigenvalue weighted by atomic mass is 10.1. The number of alkyl halides is 3. The molecule has 10 heteroatoms. The Bertz CT molecular complexity index is 427. The molecule has 0 fully saturated rings. The third-order valence-corrected chi connectivity index (χ3v) is 1.94. The van der Waals surface area contributed by atoms with Gasteiger partial charge in [0.1, 0.15) is 5.75 Å². The van der Waals surface area contributed by atoms with Gasteiger partial charge in [-0.1, -0.05) is 6.07 Å². The van der Waals surface area contributed by atoms with Crippen molar-refractivity contribution in [1.82, 2.24) is 5.43 Å². The number of carbonyl (C=O) groups is 1. The number of hydrogen-bond donors (Lipinski definition) is 4. The highest BCUT2D eigenvalue weighted by atomic mass is 19.4. The highest BCUT2D eigenvalue weighted by Crippen LogP contribution is 2.31. The first-order valence-corrected chi connectivity index (χ1v) is 5.13. The third kappa shape index (κ3) is 6.22. The summed E-state index contributed by atoms with van der Waals surface area (Å²) in [6.07, 6.45) is -4.39. The largest absolute Gasteiger partial charge is 0.573 e. The molecule has 0 spiro atoms. The number of nitrogens with one attached hydrogen (secondary N) is 1. The molecule has 0 bridgehead atoms. The minimum absolute atomic E-state index is 0.00942. The number of nitrogens with zero attached hydrogens (tertiary/aromatic N) is 1. The number of hydrazine groups is 2. The van der Waals surface area contributed by atoms with Crippen LogP contribution in [-0.4, -0.2) is 24.9 Å². The van der Waals surface area contributed by atoms with Crippen molar-refractivity contribution in [3.63, 3.8) is 0 Å². The lowest BCUT2D eigenvalue weighted by Crippen LogP contribution is -2.27. The van der Waals surface area contributed by atoms with Gasteiger partial charge in [-0.3, -0.25) is 10.2 Å². The number of aliphatic hydroxyl groups excluding tert-OH is 1. The van der Waals surface area contributed by atoms with Crippen LogP contribution in [0.2, 0.25) is 0 Å². The molecular weight excluding hydrogens is 281 g/mol.